The van der Waals surface area contributed by atoms with Gasteiger partial charge >= 0.3 is 12.1 Å². The lowest BCUT2D eigenvalue weighted by atomic mass is 9.96. The average Bonchev–Trinajstić information content (AvgIpc) is 2.54. The van der Waals surface area contributed by atoms with Crippen molar-refractivity contribution in [2.75, 3.05) is 13.1 Å². The molecule has 5 nitrogen and oxygen atoms in total. The molecule has 1 saturated heterocycles. The number of hydrogen-bond donors (Lipinski definition) is 1. The van der Waals surface area contributed by atoms with E-state index in [0.717, 1.165) is 12.8 Å². The van der Waals surface area contributed by atoms with Crippen LogP contribution in [0.5, 0.6) is 0 Å². The molecule has 1 unspecified atom stereocenters. The molecule has 2 rings (SSSR count). The van der Waals surface area contributed by atoms with Crippen molar-refractivity contribution in [3.63, 3.8) is 0 Å². The molecule has 23 heavy (non-hydrogen) atoms. The van der Waals surface area contributed by atoms with Crippen molar-refractivity contribution in [3.8, 4) is 0 Å². The summed E-state index contributed by atoms with van der Waals surface area (Å²) in [6, 6.07) is 10.1. The fraction of sp³-hybridized carbons (Fsp3) is 0.556. The summed E-state index contributed by atoms with van der Waals surface area (Å²) in [5.41, 5.74) is 0.657. The number of rotatable bonds is 5. The van der Waals surface area contributed by atoms with E-state index in [1.54, 1.807) is 0 Å². The van der Waals surface area contributed by atoms with Crippen LogP contribution in [0.2, 0.25) is 0 Å². The number of nitrogens with zero attached hydrogens (tertiary/aromatic N) is 1. The van der Waals surface area contributed by atoms with E-state index in [4.69, 9.17) is 9.84 Å². The van der Waals surface area contributed by atoms with Crippen molar-refractivity contribution >= 4 is 12.1 Å². The SMILES string of the molecule is CC(C)(CCc1ccccc1)OC(=O)C1CCCN(C(=O)O)C1. The largest absolute Gasteiger partial charge is 0.465 e. The minimum absolute atomic E-state index is 0.239. The zero-order valence-corrected chi connectivity index (χ0v) is 13.8. The molecule has 126 valence electrons. The second kappa shape index (κ2) is 7.49. The molecule has 1 N–H and O–H groups in total. The van der Waals surface area contributed by atoms with Crippen LogP contribution in [0.15, 0.2) is 30.3 Å². The highest BCUT2D eigenvalue weighted by Gasteiger charge is 2.32. The van der Waals surface area contributed by atoms with Gasteiger partial charge in [0.2, 0.25) is 0 Å². The average molecular weight is 319 g/mol. The Balaban J connectivity index is 1.86. The molecule has 0 aliphatic carbocycles. The minimum atomic E-state index is -0.967. The van der Waals surface area contributed by atoms with Crippen LogP contribution in [0, 0.1) is 5.92 Å². The van der Waals surface area contributed by atoms with E-state index in [-0.39, 0.29) is 18.4 Å². The maximum absolute atomic E-state index is 12.4. The number of ether oxygens (including phenoxy) is 1. The molecule has 1 aliphatic heterocycles. The highest BCUT2D eigenvalue weighted by atomic mass is 16.6. The van der Waals surface area contributed by atoms with Crippen LogP contribution < -0.4 is 0 Å². The van der Waals surface area contributed by atoms with Gasteiger partial charge in [0.25, 0.3) is 0 Å². The molecule has 5 heteroatoms. The maximum atomic E-state index is 12.4. The summed E-state index contributed by atoms with van der Waals surface area (Å²) in [4.78, 5) is 24.7. The number of carbonyl (C=O) groups excluding carboxylic acids is 1. The summed E-state index contributed by atoms with van der Waals surface area (Å²) in [5.74, 6) is -0.634. The van der Waals surface area contributed by atoms with Gasteiger partial charge in [-0.25, -0.2) is 4.79 Å². The van der Waals surface area contributed by atoms with Gasteiger partial charge in [-0.05, 0) is 45.1 Å². The number of hydrogen-bond acceptors (Lipinski definition) is 3. The summed E-state index contributed by atoms with van der Waals surface area (Å²) in [5, 5.41) is 9.05. The molecule has 1 aromatic carbocycles. The van der Waals surface area contributed by atoms with Gasteiger partial charge < -0.3 is 14.7 Å². The first-order chi connectivity index (χ1) is 10.9. The van der Waals surface area contributed by atoms with Crippen LogP contribution >= 0.6 is 0 Å². The summed E-state index contributed by atoms with van der Waals surface area (Å²) < 4.78 is 5.67. The molecule has 1 fully saturated rings. The van der Waals surface area contributed by atoms with E-state index in [0.29, 0.717) is 19.4 Å². The molecule has 0 radical (unpaired) electrons. The number of aryl methyl sites for hydroxylation is 1. The molecule has 0 aromatic heterocycles. The standard InChI is InChI=1S/C18H25NO4/c1-18(2,11-10-14-7-4-3-5-8-14)23-16(20)15-9-6-12-19(13-15)17(21)22/h3-5,7-8,15H,6,9-13H2,1-2H3,(H,21,22). The van der Waals surface area contributed by atoms with Crippen LogP contribution in [0.4, 0.5) is 4.79 Å². The third-order valence-corrected chi connectivity index (χ3v) is 4.26. The third kappa shape index (κ3) is 5.27. The third-order valence-electron chi connectivity index (χ3n) is 4.26. The topological polar surface area (TPSA) is 66.8 Å². The lowest BCUT2D eigenvalue weighted by molar-refractivity contribution is -0.163. The van der Waals surface area contributed by atoms with Gasteiger partial charge in [0.05, 0.1) is 5.92 Å². The number of piperidine rings is 1. The first-order valence-corrected chi connectivity index (χ1v) is 8.12. The zero-order valence-electron chi connectivity index (χ0n) is 13.8. The van der Waals surface area contributed by atoms with Crippen molar-refractivity contribution in [1.82, 2.24) is 4.90 Å². The van der Waals surface area contributed by atoms with Gasteiger partial charge in [-0.15, -0.1) is 0 Å². The summed E-state index contributed by atoms with van der Waals surface area (Å²) in [6.07, 6.45) is 2.00. The molecular formula is C18H25NO4. The van der Waals surface area contributed by atoms with Crippen molar-refractivity contribution in [2.24, 2.45) is 5.92 Å². The predicted octanol–water partition coefficient (Wildman–Crippen LogP) is 3.33. The molecule has 0 spiro atoms. The first-order valence-electron chi connectivity index (χ1n) is 8.12. The Kier molecular flexibility index (Phi) is 5.64. The van der Waals surface area contributed by atoms with Crippen LogP contribution in [0.1, 0.15) is 38.7 Å². The Hall–Kier alpha value is -2.04. The minimum Gasteiger partial charge on any atom is -0.465 e. The van der Waals surface area contributed by atoms with E-state index >= 15 is 0 Å². The normalized spacial score (nSPS) is 18.5. The molecule has 0 saturated carbocycles. The fourth-order valence-corrected chi connectivity index (χ4v) is 2.84. The van der Waals surface area contributed by atoms with Gasteiger partial charge in [-0.3, -0.25) is 4.79 Å². The van der Waals surface area contributed by atoms with Gasteiger partial charge in [0.1, 0.15) is 5.60 Å². The van der Waals surface area contributed by atoms with Crippen LogP contribution in [-0.4, -0.2) is 40.8 Å². The smallest absolute Gasteiger partial charge is 0.407 e. The highest BCUT2D eigenvalue weighted by molar-refractivity contribution is 5.74. The van der Waals surface area contributed by atoms with Crippen molar-refractivity contribution in [3.05, 3.63) is 35.9 Å². The van der Waals surface area contributed by atoms with Crippen molar-refractivity contribution in [1.29, 1.82) is 0 Å². The number of benzene rings is 1. The van der Waals surface area contributed by atoms with Crippen LogP contribution in [-0.2, 0) is 16.0 Å². The number of esters is 1. The predicted molar refractivity (Wildman–Crippen MR) is 87.3 cm³/mol. The molecule has 1 atom stereocenters. The molecule has 0 bridgehead atoms. The van der Waals surface area contributed by atoms with Gasteiger partial charge in [0.15, 0.2) is 0 Å². The van der Waals surface area contributed by atoms with Gasteiger partial charge in [-0.1, -0.05) is 30.3 Å². The molecule has 1 amide bonds. The highest BCUT2D eigenvalue weighted by Crippen LogP contribution is 2.24. The molecular weight excluding hydrogens is 294 g/mol. The zero-order chi connectivity index (χ0) is 16.9. The lowest BCUT2D eigenvalue weighted by Crippen LogP contribution is -2.43. The summed E-state index contributed by atoms with van der Waals surface area (Å²) >= 11 is 0. The van der Waals surface area contributed by atoms with Gasteiger partial charge in [0, 0.05) is 13.1 Å². The quantitative estimate of drug-likeness (QED) is 0.845. The van der Waals surface area contributed by atoms with Gasteiger partial charge in [-0.2, -0.15) is 0 Å². The van der Waals surface area contributed by atoms with Crippen LogP contribution in [0.25, 0.3) is 0 Å². The maximum Gasteiger partial charge on any atom is 0.407 e. The fourth-order valence-electron chi connectivity index (χ4n) is 2.84. The second-order valence-electron chi connectivity index (χ2n) is 6.73. The Morgan fingerprint density at radius 2 is 2.00 bits per heavy atom. The Morgan fingerprint density at radius 1 is 1.30 bits per heavy atom. The Morgan fingerprint density at radius 3 is 2.65 bits per heavy atom. The number of likely N-dealkylation sites (tertiary alicyclic amines) is 1. The lowest BCUT2D eigenvalue weighted by Gasteiger charge is -2.32. The molecule has 1 aliphatic rings. The van der Waals surface area contributed by atoms with E-state index in [2.05, 4.69) is 12.1 Å². The summed E-state index contributed by atoms with van der Waals surface area (Å²) in [6.45, 7) is 4.55. The van der Waals surface area contributed by atoms with Crippen LogP contribution in [0.3, 0.4) is 0 Å². The number of carboxylic acid groups (broad SMARTS) is 1. The van der Waals surface area contributed by atoms with Crippen molar-refractivity contribution < 1.29 is 19.4 Å². The van der Waals surface area contributed by atoms with E-state index < -0.39 is 11.7 Å². The van der Waals surface area contributed by atoms with E-state index in [9.17, 15) is 9.59 Å². The van der Waals surface area contributed by atoms with Crippen molar-refractivity contribution in [2.45, 2.75) is 45.1 Å². The summed E-state index contributed by atoms with van der Waals surface area (Å²) in [7, 11) is 0. The molecule has 1 heterocycles. The molecule has 1 aromatic rings. The number of amides is 1. The van der Waals surface area contributed by atoms with E-state index in [1.807, 2.05) is 32.0 Å². The van der Waals surface area contributed by atoms with E-state index in [1.165, 1.54) is 10.5 Å². The second-order valence-corrected chi connectivity index (χ2v) is 6.73. The Bertz CT molecular complexity index is 541. The Labute approximate surface area is 137 Å². The number of carbonyl (C=O) groups is 2. The first kappa shape index (κ1) is 17.3. The monoisotopic (exact) mass is 319 g/mol.